The first-order valence-electron chi connectivity index (χ1n) is 18.6. The molecular formula is C42H62O2P+. The smallest absolute Gasteiger partial charge is 0.156 e. The molecule has 3 aromatic rings. The van der Waals surface area contributed by atoms with Gasteiger partial charge in [0.15, 0.2) is 0 Å². The van der Waals surface area contributed by atoms with Gasteiger partial charge < -0.3 is 0 Å². The van der Waals surface area contributed by atoms with Crippen molar-refractivity contribution >= 4 is 13.3 Å². The van der Waals surface area contributed by atoms with Gasteiger partial charge in [0.25, 0.3) is 0 Å². The monoisotopic (exact) mass is 629 g/mol. The molecule has 0 fully saturated rings. The van der Waals surface area contributed by atoms with E-state index < -0.39 is 8.03 Å². The van der Waals surface area contributed by atoms with Crippen LogP contribution in [-0.2, 0) is 30.2 Å². The summed E-state index contributed by atoms with van der Waals surface area (Å²) in [5, 5.41) is 0.545. The standard InChI is InChI=1S/C42H61O2P/c1-5-9-13-17-22-34-28-30-38(32-36(34)24-19-15-11-7-3)40-26-21-27-41(45(43)44)42(40)39-31-29-35(23-18-14-10-6-2)37(33-39)25-20-16-12-8-4/h21,26-33H,5-20,22-25H2,1-4H3/p+1. The lowest BCUT2D eigenvalue weighted by Crippen LogP contribution is -2.06. The Balaban J connectivity index is 2.05. The van der Waals surface area contributed by atoms with Crippen LogP contribution in [0.25, 0.3) is 22.3 Å². The molecule has 2 nitrogen and oxygen atoms in total. The Hall–Kier alpha value is -2.28. The minimum atomic E-state index is -2.48. The lowest BCUT2D eigenvalue weighted by Gasteiger charge is -2.17. The molecule has 3 aromatic carbocycles. The molecule has 0 saturated carbocycles. The van der Waals surface area contributed by atoms with Crippen molar-refractivity contribution in [2.24, 2.45) is 0 Å². The number of aryl methyl sites for hydroxylation is 4. The molecule has 1 N–H and O–H groups in total. The fraction of sp³-hybridized carbons (Fsp3) is 0.571. The van der Waals surface area contributed by atoms with Crippen LogP contribution < -0.4 is 5.30 Å². The summed E-state index contributed by atoms with van der Waals surface area (Å²) in [7, 11) is -2.48. The molecular weight excluding hydrogens is 567 g/mol. The van der Waals surface area contributed by atoms with Gasteiger partial charge in [-0.2, -0.15) is 4.89 Å². The van der Waals surface area contributed by atoms with E-state index >= 15 is 0 Å². The summed E-state index contributed by atoms with van der Waals surface area (Å²) >= 11 is 0. The first-order valence-corrected chi connectivity index (χ1v) is 19.8. The molecule has 0 aliphatic carbocycles. The van der Waals surface area contributed by atoms with E-state index in [0.717, 1.165) is 42.4 Å². The lowest BCUT2D eigenvalue weighted by atomic mass is 9.88. The highest BCUT2D eigenvalue weighted by Gasteiger charge is 2.26. The Morgan fingerprint density at radius 1 is 0.489 bits per heavy atom. The van der Waals surface area contributed by atoms with E-state index in [1.54, 1.807) is 0 Å². The van der Waals surface area contributed by atoms with Crippen LogP contribution in [0.4, 0.5) is 0 Å². The number of hydrogen-bond acceptors (Lipinski definition) is 1. The molecule has 0 heterocycles. The highest BCUT2D eigenvalue weighted by atomic mass is 31.1. The lowest BCUT2D eigenvalue weighted by molar-refractivity contribution is 0.513. The average molecular weight is 630 g/mol. The van der Waals surface area contributed by atoms with E-state index in [1.165, 1.54) is 131 Å². The van der Waals surface area contributed by atoms with Crippen LogP contribution in [0.1, 0.15) is 153 Å². The summed E-state index contributed by atoms with van der Waals surface area (Å²) in [5.74, 6) is 0. The van der Waals surface area contributed by atoms with E-state index in [2.05, 4.69) is 70.2 Å². The minimum Gasteiger partial charge on any atom is -0.156 e. The molecule has 0 aromatic heterocycles. The van der Waals surface area contributed by atoms with Crippen LogP contribution in [0.5, 0.6) is 0 Å². The maximum atomic E-state index is 12.8. The van der Waals surface area contributed by atoms with Crippen molar-refractivity contribution in [3.8, 4) is 22.3 Å². The first kappa shape index (κ1) is 37.2. The highest BCUT2D eigenvalue weighted by Crippen LogP contribution is 2.37. The molecule has 0 spiro atoms. The number of hydrogen-bond donors (Lipinski definition) is 1. The molecule has 1 atom stereocenters. The zero-order valence-electron chi connectivity index (χ0n) is 29.1. The molecule has 0 bridgehead atoms. The molecule has 0 aliphatic rings. The summed E-state index contributed by atoms with van der Waals surface area (Å²) in [6.45, 7) is 9.09. The van der Waals surface area contributed by atoms with Crippen molar-refractivity contribution < 1.29 is 9.46 Å². The van der Waals surface area contributed by atoms with E-state index in [1.807, 2.05) is 12.1 Å². The van der Waals surface area contributed by atoms with Crippen molar-refractivity contribution in [3.63, 3.8) is 0 Å². The van der Waals surface area contributed by atoms with Gasteiger partial charge in [-0.25, -0.2) is 0 Å². The van der Waals surface area contributed by atoms with Gasteiger partial charge in [0.2, 0.25) is 5.30 Å². The zero-order valence-corrected chi connectivity index (χ0v) is 30.0. The van der Waals surface area contributed by atoms with E-state index in [9.17, 15) is 9.46 Å². The van der Waals surface area contributed by atoms with Crippen molar-refractivity contribution in [2.45, 2.75) is 156 Å². The molecule has 246 valence electrons. The minimum absolute atomic E-state index is 0.545. The first-order chi connectivity index (χ1) is 22.0. The molecule has 45 heavy (non-hydrogen) atoms. The third-order valence-electron chi connectivity index (χ3n) is 9.46. The Morgan fingerprint density at radius 3 is 1.36 bits per heavy atom. The molecule has 0 amide bonds. The molecule has 3 heteroatoms. The maximum absolute atomic E-state index is 12.8. The van der Waals surface area contributed by atoms with Gasteiger partial charge in [0.05, 0.1) is 0 Å². The molecule has 3 rings (SSSR count). The summed E-state index contributed by atoms with van der Waals surface area (Å²) < 4.78 is 12.8. The zero-order chi connectivity index (χ0) is 32.3. The van der Waals surface area contributed by atoms with Crippen LogP contribution in [0.3, 0.4) is 0 Å². The van der Waals surface area contributed by atoms with Crippen molar-refractivity contribution in [3.05, 3.63) is 76.9 Å². The number of rotatable bonds is 23. The Kier molecular flexibility index (Phi) is 17.8. The fourth-order valence-electron chi connectivity index (χ4n) is 6.74. The molecule has 0 saturated heterocycles. The van der Waals surface area contributed by atoms with E-state index in [0.29, 0.717) is 5.30 Å². The summed E-state index contributed by atoms with van der Waals surface area (Å²) in [6, 6.07) is 19.9. The van der Waals surface area contributed by atoms with Crippen LogP contribution in [-0.4, -0.2) is 4.89 Å². The van der Waals surface area contributed by atoms with Gasteiger partial charge in [-0.3, -0.25) is 0 Å². The van der Waals surface area contributed by atoms with Gasteiger partial charge >= 0.3 is 8.03 Å². The van der Waals surface area contributed by atoms with Gasteiger partial charge in [-0.15, -0.1) is 0 Å². The van der Waals surface area contributed by atoms with Crippen molar-refractivity contribution in [1.29, 1.82) is 0 Å². The number of benzene rings is 3. The van der Waals surface area contributed by atoms with Gasteiger partial charge in [0.1, 0.15) is 0 Å². The third-order valence-corrected chi connectivity index (χ3v) is 10.2. The summed E-state index contributed by atoms with van der Waals surface area (Å²) in [6.07, 6.45) is 24.6. The average Bonchev–Trinajstić information content (AvgIpc) is 3.06. The quantitative estimate of drug-likeness (QED) is 0.0837. The predicted molar refractivity (Wildman–Crippen MR) is 198 cm³/mol. The molecule has 0 radical (unpaired) electrons. The number of unbranched alkanes of at least 4 members (excludes halogenated alkanes) is 12. The van der Waals surface area contributed by atoms with Crippen molar-refractivity contribution in [1.82, 2.24) is 0 Å². The van der Waals surface area contributed by atoms with Crippen LogP contribution in [0.15, 0.2) is 54.6 Å². The second-order valence-electron chi connectivity index (χ2n) is 13.2. The molecule has 1 unspecified atom stereocenters. The van der Waals surface area contributed by atoms with Crippen LogP contribution >= 0.6 is 8.03 Å². The second-order valence-corrected chi connectivity index (χ2v) is 14.2. The van der Waals surface area contributed by atoms with Gasteiger partial charge in [-0.1, -0.05) is 153 Å². The maximum Gasteiger partial charge on any atom is 0.546 e. The van der Waals surface area contributed by atoms with Crippen molar-refractivity contribution in [2.75, 3.05) is 0 Å². The molecule has 0 aliphatic heterocycles. The Bertz CT molecular complexity index is 1290. The highest BCUT2D eigenvalue weighted by molar-refractivity contribution is 7.47. The third kappa shape index (κ3) is 12.1. The van der Waals surface area contributed by atoms with Crippen LogP contribution in [0, 0.1) is 0 Å². The largest absolute Gasteiger partial charge is 0.546 e. The summed E-state index contributed by atoms with van der Waals surface area (Å²) in [4.78, 5) is 10.5. The van der Waals surface area contributed by atoms with E-state index in [4.69, 9.17) is 0 Å². The topological polar surface area (TPSA) is 37.3 Å². The van der Waals surface area contributed by atoms with Crippen LogP contribution in [0.2, 0.25) is 0 Å². The summed E-state index contributed by atoms with van der Waals surface area (Å²) in [5.41, 5.74) is 10.1. The van der Waals surface area contributed by atoms with Gasteiger partial charge in [0, 0.05) is 5.56 Å². The predicted octanol–water partition coefficient (Wildman–Crippen LogP) is 12.9. The van der Waals surface area contributed by atoms with E-state index in [-0.39, 0.29) is 0 Å². The Morgan fingerprint density at radius 2 is 0.911 bits per heavy atom. The Labute approximate surface area is 277 Å². The van der Waals surface area contributed by atoms with Gasteiger partial charge in [-0.05, 0) is 101 Å². The normalized spacial score (nSPS) is 11.7. The SMILES string of the molecule is CCCCCCc1ccc(-c2cccc([P+](=O)O)c2-c2ccc(CCCCCC)c(CCCCCC)c2)cc1CCCCCC. The fourth-order valence-corrected chi connectivity index (χ4v) is 7.39. The second kappa shape index (κ2) is 21.5.